The molecule has 0 radical (unpaired) electrons. The number of methoxy groups -OCH3 is 1. The van der Waals surface area contributed by atoms with Crippen LogP contribution in [0.2, 0.25) is 0 Å². The van der Waals surface area contributed by atoms with Gasteiger partial charge in [0.05, 0.1) is 5.52 Å². The molecular formula is C24H29N5O3. The summed E-state index contributed by atoms with van der Waals surface area (Å²) in [7, 11) is 1.73. The number of hydrogen-bond donors (Lipinski definition) is 1. The summed E-state index contributed by atoms with van der Waals surface area (Å²) in [5.41, 5.74) is 2.21. The average molecular weight is 436 g/mol. The first-order valence-corrected chi connectivity index (χ1v) is 11.2. The Hall–Kier alpha value is -3.10. The molecule has 0 unspecified atom stereocenters. The summed E-state index contributed by atoms with van der Waals surface area (Å²) < 4.78 is 16.1. The van der Waals surface area contributed by atoms with Gasteiger partial charge in [-0.1, -0.05) is 18.2 Å². The summed E-state index contributed by atoms with van der Waals surface area (Å²) in [5, 5.41) is 4.52. The summed E-state index contributed by atoms with van der Waals surface area (Å²) in [6, 6.07) is 14.4. The zero-order valence-electron chi connectivity index (χ0n) is 18.4. The zero-order chi connectivity index (χ0) is 21.8. The molecule has 1 N–H and O–H groups in total. The van der Waals surface area contributed by atoms with E-state index >= 15 is 0 Å². The second kappa shape index (κ2) is 9.58. The molecular weight excluding hydrogens is 406 g/mol. The van der Waals surface area contributed by atoms with Gasteiger partial charge in [0, 0.05) is 58.4 Å². The lowest BCUT2D eigenvalue weighted by Gasteiger charge is -2.35. The van der Waals surface area contributed by atoms with Crippen LogP contribution in [-0.4, -0.2) is 68.1 Å². The minimum Gasteiger partial charge on any atom is -0.454 e. The topological polar surface area (TPSA) is 72.0 Å². The van der Waals surface area contributed by atoms with Gasteiger partial charge < -0.3 is 24.4 Å². The minimum absolute atomic E-state index is 0.312. The van der Waals surface area contributed by atoms with Crippen LogP contribution < -0.4 is 19.7 Å². The number of anilines is 2. The first-order chi connectivity index (χ1) is 15.8. The highest BCUT2D eigenvalue weighted by atomic mass is 16.7. The molecule has 1 saturated heterocycles. The van der Waals surface area contributed by atoms with Crippen LogP contribution in [0.25, 0.3) is 10.9 Å². The lowest BCUT2D eigenvalue weighted by atomic mass is 10.1. The van der Waals surface area contributed by atoms with E-state index in [0.29, 0.717) is 6.79 Å². The van der Waals surface area contributed by atoms with E-state index in [1.165, 1.54) is 5.56 Å². The average Bonchev–Trinajstić information content (AvgIpc) is 3.30. The van der Waals surface area contributed by atoms with E-state index in [0.717, 1.165) is 86.5 Å². The molecule has 5 rings (SSSR count). The van der Waals surface area contributed by atoms with Gasteiger partial charge in [0.1, 0.15) is 5.82 Å². The van der Waals surface area contributed by atoms with Crippen molar-refractivity contribution in [2.75, 3.05) is 63.5 Å². The number of para-hydroxylation sites is 1. The number of piperazine rings is 1. The molecule has 8 heteroatoms. The lowest BCUT2D eigenvalue weighted by Crippen LogP contribution is -2.46. The number of ether oxygens (including phenoxy) is 3. The third-order valence-corrected chi connectivity index (χ3v) is 5.91. The van der Waals surface area contributed by atoms with E-state index in [1.54, 1.807) is 7.11 Å². The first kappa shape index (κ1) is 20.8. The highest BCUT2D eigenvalue weighted by Crippen LogP contribution is 2.33. The van der Waals surface area contributed by atoms with Crippen LogP contribution in [0.15, 0.2) is 42.5 Å². The largest absolute Gasteiger partial charge is 0.454 e. The molecule has 0 spiro atoms. The van der Waals surface area contributed by atoms with Gasteiger partial charge in [0.2, 0.25) is 12.7 Å². The highest BCUT2D eigenvalue weighted by molar-refractivity contribution is 5.90. The van der Waals surface area contributed by atoms with Gasteiger partial charge in [0.15, 0.2) is 11.5 Å². The summed E-state index contributed by atoms with van der Waals surface area (Å²) in [6.45, 7) is 6.47. The van der Waals surface area contributed by atoms with E-state index in [1.807, 2.05) is 18.2 Å². The van der Waals surface area contributed by atoms with Gasteiger partial charge in [-0.25, -0.2) is 4.98 Å². The van der Waals surface area contributed by atoms with Gasteiger partial charge >= 0.3 is 0 Å². The molecule has 0 bridgehead atoms. The second-order valence-electron chi connectivity index (χ2n) is 8.11. The van der Waals surface area contributed by atoms with Gasteiger partial charge in [-0.3, -0.25) is 4.90 Å². The Bertz CT molecular complexity index is 1070. The Morgan fingerprint density at radius 3 is 2.72 bits per heavy atom. The van der Waals surface area contributed by atoms with Gasteiger partial charge in [-0.15, -0.1) is 0 Å². The number of aromatic nitrogens is 2. The Kier molecular flexibility index (Phi) is 6.22. The number of nitrogens with zero attached hydrogens (tertiary/aromatic N) is 4. The molecule has 1 aromatic heterocycles. The van der Waals surface area contributed by atoms with Crippen molar-refractivity contribution in [3.05, 3.63) is 48.0 Å². The third-order valence-electron chi connectivity index (χ3n) is 5.91. The summed E-state index contributed by atoms with van der Waals surface area (Å²) in [4.78, 5) is 14.5. The number of fused-ring (bicyclic) bond motifs is 2. The van der Waals surface area contributed by atoms with Gasteiger partial charge in [-0.05, 0) is 36.2 Å². The highest BCUT2D eigenvalue weighted by Gasteiger charge is 2.21. The molecule has 1 fully saturated rings. The fourth-order valence-electron chi connectivity index (χ4n) is 4.17. The van der Waals surface area contributed by atoms with Crippen LogP contribution in [-0.2, 0) is 11.3 Å². The van der Waals surface area contributed by atoms with Crippen LogP contribution in [0.1, 0.15) is 12.0 Å². The summed E-state index contributed by atoms with van der Waals surface area (Å²) >= 11 is 0. The van der Waals surface area contributed by atoms with Crippen LogP contribution in [0.4, 0.5) is 11.8 Å². The number of rotatable bonds is 8. The Morgan fingerprint density at radius 1 is 1.00 bits per heavy atom. The van der Waals surface area contributed by atoms with Gasteiger partial charge in [-0.2, -0.15) is 4.98 Å². The second-order valence-corrected chi connectivity index (χ2v) is 8.11. The molecule has 3 heterocycles. The Balaban J connectivity index is 1.25. The van der Waals surface area contributed by atoms with Crippen molar-refractivity contribution in [1.29, 1.82) is 0 Å². The van der Waals surface area contributed by atoms with E-state index in [4.69, 9.17) is 24.2 Å². The van der Waals surface area contributed by atoms with E-state index < -0.39 is 0 Å². The maximum Gasteiger partial charge on any atom is 0.231 e. The third kappa shape index (κ3) is 4.56. The number of benzene rings is 2. The summed E-state index contributed by atoms with van der Waals surface area (Å²) in [6.07, 6.45) is 0.933. The molecule has 2 aromatic carbocycles. The van der Waals surface area contributed by atoms with Gasteiger partial charge in [0.25, 0.3) is 0 Å². The number of nitrogens with one attached hydrogen (secondary N) is 1. The Labute approximate surface area is 188 Å². The van der Waals surface area contributed by atoms with Crippen LogP contribution in [0.3, 0.4) is 0 Å². The smallest absolute Gasteiger partial charge is 0.231 e. The Morgan fingerprint density at radius 2 is 1.84 bits per heavy atom. The quantitative estimate of drug-likeness (QED) is 0.541. The van der Waals surface area contributed by atoms with E-state index in [9.17, 15) is 0 Å². The van der Waals surface area contributed by atoms with Crippen molar-refractivity contribution in [1.82, 2.24) is 14.9 Å². The van der Waals surface area contributed by atoms with E-state index in [-0.39, 0.29) is 0 Å². The molecule has 0 amide bonds. The van der Waals surface area contributed by atoms with Crippen molar-refractivity contribution in [3.8, 4) is 11.5 Å². The first-order valence-electron chi connectivity index (χ1n) is 11.2. The van der Waals surface area contributed by atoms with Crippen LogP contribution in [0, 0.1) is 0 Å². The monoisotopic (exact) mass is 435 g/mol. The van der Waals surface area contributed by atoms with Crippen molar-refractivity contribution >= 4 is 22.7 Å². The maximum absolute atomic E-state index is 5.51. The minimum atomic E-state index is 0.312. The number of hydrogen-bond acceptors (Lipinski definition) is 8. The van der Waals surface area contributed by atoms with Crippen molar-refractivity contribution < 1.29 is 14.2 Å². The van der Waals surface area contributed by atoms with Crippen molar-refractivity contribution in [2.24, 2.45) is 0 Å². The molecule has 2 aliphatic rings. The molecule has 3 aromatic rings. The fraction of sp³-hybridized carbons (Fsp3) is 0.417. The lowest BCUT2D eigenvalue weighted by molar-refractivity contribution is 0.174. The molecule has 0 aliphatic carbocycles. The molecule has 0 saturated carbocycles. The normalized spacial score (nSPS) is 16.0. The van der Waals surface area contributed by atoms with Crippen LogP contribution in [0.5, 0.6) is 11.5 Å². The van der Waals surface area contributed by atoms with Crippen molar-refractivity contribution in [3.63, 3.8) is 0 Å². The maximum atomic E-state index is 5.51. The SMILES string of the molecule is COCCCNc1nc(N2CCN(Cc3ccc4c(c3)OCO4)CC2)nc2ccccc12. The van der Waals surface area contributed by atoms with E-state index in [2.05, 4.69) is 39.4 Å². The fourth-order valence-corrected chi connectivity index (χ4v) is 4.17. The summed E-state index contributed by atoms with van der Waals surface area (Å²) in [5.74, 6) is 3.36. The standard InChI is InChI=1S/C24H29N5O3/c1-30-14-4-9-25-23-19-5-2-3-6-20(19)26-24(27-23)29-12-10-28(11-13-29)16-18-7-8-21-22(15-18)32-17-31-21/h2-3,5-8,15H,4,9-14,16-17H2,1H3,(H,25,26,27). The zero-order valence-corrected chi connectivity index (χ0v) is 18.4. The molecule has 2 aliphatic heterocycles. The molecule has 0 atom stereocenters. The molecule has 32 heavy (non-hydrogen) atoms. The predicted molar refractivity (Wildman–Crippen MR) is 125 cm³/mol. The predicted octanol–water partition coefficient (Wildman–Crippen LogP) is 3.13. The van der Waals surface area contributed by atoms with Crippen molar-refractivity contribution in [2.45, 2.75) is 13.0 Å². The van der Waals surface area contributed by atoms with Crippen LogP contribution >= 0.6 is 0 Å². The molecule has 168 valence electrons. The molecule has 8 nitrogen and oxygen atoms in total.